The van der Waals surface area contributed by atoms with Crippen molar-refractivity contribution in [1.29, 1.82) is 0 Å². The smallest absolute Gasteiger partial charge is 0.259 e. The molecule has 23 heavy (non-hydrogen) atoms. The summed E-state index contributed by atoms with van der Waals surface area (Å²) in [5, 5.41) is 0. The highest BCUT2D eigenvalue weighted by Gasteiger charge is 2.36. The fraction of sp³-hybridized carbons (Fsp3) is 0.222. The maximum atomic E-state index is 13.0. The van der Waals surface area contributed by atoms with Crippen molar-refractivity contribution in [2.75, 3.05) is 4.90 Å². The number of nitrogens with zero attached hydrogens (tertiary/aromatic N) is 1. The second kappa shape index (κ2) is 6.16. The lowest BCUT2D eigenvalue weighted by Crippen LogP contribution is -2.45. The molecule has 0 spiro atoms. The van der Waals surface area contributed by atoms with Gasteiger partial charge in [-0.3, -0.25) is 9.59 Å². The van der Waals surface area contributed by atoms with Crippen molar-refractivity contribution >= 4 is 33.4 Å². The summed E-state index contributed by atoms with van der Waals surface area (Å²) in [5.74, 6) is -0.790. The number of hydrogen-bond acceptors (Lipinski definition) is 2. The van der Waals surface area contributed by atoms with Crippen LogP contribution in [0.2, 0.25) is 0 Å². The molecule has 5 heteroatoms. The van der Waals surface area contributed by atoms with Crippen LogP contribution in [0.4, 0.5) is 5.69 Å². The Hall–Kier alpha value is -2.14. The molecule has 2 aromatic carbocycles. The lowest BCUT2D eigenvalue weighted by atomic mass is 9.85. The van der Waals surface area contributed by atoms with E-state index in [0.717, 1.165) is 15.7 Å². The van der Waals surface area contributed by atoms with Crippen molar-refractivity contribution in [2.45, 2.75) is 25.3 Å². The van der Waals surface area contributed by atoms with Crippen LogP contribution in [0.25, 0.3) is 0 Å². The van der Waals surface area contributed by atoms with Gasteiger partial charge in [0.1, 0.15) is 0 Å². The van der Waals surface area contributed by atoms with Crippen molar-refractivity contribution in [3.05, 3.63) is 64.1 Å². The Bertz CT molecular complexity index is 775. The number of rotatable bonds is 2. The molecule has 2 aromatic rings. The second-order valence-corrected chi connectivity index (χ2v) is 6.61. The molecular weight excluding hydrogens is 356 g/mol. The molecular formula is C18H17BrN2O2. The Labute approximate surface area is 143 Å². The summed E-state index contributed by atoms with van der Waals surface area (Å²) in [6.45, 7) is 1.95. The fourth-order valence-corrected chi connectivity index (χ4v) is 3.61. The molecule has 1 aliphatic heterocycles. The Morgan fingerprint density at radius 3 is 2.48 bits per heavy atom. The second-order valence-electron chi connectivity index (χ2n) is 5.75. The van der Waals surface area contributed by atoms with Crippen LogP contribution in [0.5, 0.6) is 0 Å². The third kappa shape index (κ3) is 2.77. The number of para-hydroxylation sites is 1. The minimum Gasteiger partial charge on any atom is -0.369 e. The standard InChI is InChI=1S/C18H17BrN2O2/c1-11-10-14(17(20)22)12-6-3-5-9-16(12)21(11)18(23)13-7-2-4-8-15(13)19/h2-9,11,14H,10H2,1H3,(H2,20,22)/t11-,14+/m0/s1. The number of nitrogens with two attached hydrogens (primary N) is 1. The van der Waals surface area contributed by atoms with Crippen LogP contribution in [0.1, 0.15) is 35.2 Å². The summed E-state index contributed by atoms with van der Waals surface area (Å²) < 4.78 is 0.756. The molecule has 0 fully saturated rings. The third-order valence-electron chi connectivity index (χ3n) is 4.26. The number of halogens is 1. The molecule has 0 saturated carbocycles. The van der Waals surface area contributed by atoms with Crippen LogP contribution in [0.3, 0.4) is 0 Å². The monoisotopic (exact) mass is 372 g/mol. The molecule has 0 aliphatic carbocycles. The van der Waals surface area contributed by atoms with Gasteiger partial charge in [-0.2, -0.15) is 0 Å². The van der Waals surface area contributed by atoms with Gasteiger partial charge >= 0.3 is 0 Å². The summed E-state index contributed by atoms with van der Waals surface area (Å²) in [5.41, 5.74) is 7.73. The molecule has 4 nitrogen and oxygen atoms in total. The SMILES string of the molecule is C[C@H]1C[C@@H](C(N)=O)c2ccccc2N1C(=O)c1ccccc1Br. The minimum atomic E-state index is -0.357. The van der Waals surface area contributed by atoms with E-state index in [9.17, 15) is 9.59 Å². The summed E-state index contributed by atoms with van der Waals surface area (Å²) in [6.07, 6.45) is 0.530. The molecule has 2 N–H and O–H groups in total. The van der Waals surface area contributed by atoms with E-state index in [1.807, 2.05) is 49.4 Å². The lowest BCUT2D eigenvalue weighted by Gasteiger charge is -2.38. The van der Waals surface area contributed by atoms with Gasteiger partial charge < -0.3 is 10.6 Å². The number of fused-ring (bicyclic) bond motifs is 1. The van der Waals surface area contributed by atoms with E-state index >= 15 is 0 Å². The number of hydrogen-bond donors (Lipinski definition) is 1. The van der Waals surface area contributed by atoms with E-state index < -0.39 is 0 Å². The van der Waals surface area contributed by atoms with Crippen LogP contribution in [0.15, 0.2) is 53.0 Å². The fourth-order valence-electron chi connectivity index (χ4n) is 3.16. The van der Waals surface area contributed by atoms with Crippen LogP contribution in [-0.4, -0.2) is 17.9 Å². The predicted molar refractivity (Wildman–Crippen MR) is 93.4 cm³/mol. The van der Waals surface area contributed by atoms with Crippen LogP contribution >= 0.6 is 15.9 Å². The molecule has 2 atom stereocenters. The Balaban J connectivity index is 2.09. The number of primary amides is 1. The Morgan fingerprint density at radius 2 is 1.78 bits per heavy atom. The van der Waals surface area contributed by atoms with E-state index in [2.05, 4.69) is 15.9 Å². The number of amides is 2. The van der Waals surface area contributed by atoms with Gasteiger partial charge in [0.05, 0.1) is 11.5 Å². The largest absolute Gasteiger partial charge is 0.369 e. The van der Waals surface area contributed by atoms with E-state index in [0.29, 0.717) is 12.0 Å². The first-order valence-corrected chi connectivity index (χ1v) is 8.26. The van der Waals surface area contributed by atoms with Gasteiger partial charge in [-0.1, -0.05) is 30.3 Å². The van der Waals surface area contributed by atoms with E-state index in [-0.39, 0.29) is 23.8 Å². The highest BCUT2D eigenvalue weighted by Crippen LogP contribution is 2.39. The molecule has 118 valence electrons. The molecule has 0 aromatic heterocycles. The first kappa shape index (κ1) is 15.7. The number of carbonyl (C=O) groups is 2. The first-order valence-electron chi connectivity index (χ1n) is 7.47. The van der Waals surface area contributed by atoms with Gasteiger partial charge in [0.2, 0.25) is 5.91 Å². The summed E-state index contributed by atoms with van der Waals surface area (Å²) in [7, 11) is 0. The topological polar surface area (TPSA) is 63.4 Å². The van der Waals surface area contributed by atoms with Crippen molar-refractivity contribution in [3.63, 3.8) is 0 Å². The van der Waals surface area contributed by atoms with Crippen molar-refractivity contribution < 1.29 is 9.59 Å². The molecule has 2 amide bonds. The van der Waals surface area contributed by atoms with Crippen LogP contribution in [-0.2, 0) is 4.79 Å². The normalized spacial score (nSPS) is 20.0. The molecule has 0 unspecified atom stereocenters. The highest BCUT2D eigenvalue weighted by molar-refractivity contribution is 9.10. The molecule has 0 saturated heterocycles. The summed E-state index contributed by atoms with van der Waals surface area (Å²) in [4.78, 5) is 26.6. The van der Waals surface area contributed by atoms with Gasteiger partial charge in [0, 0.05) is 16.2 Å². The maximum Gasteiger partial charge on any atom is 0.259 e. The van der Waals surface area contributed by atoms with E-state index in [1.54, 1.807) is 11.0 Å². The van der Waals surface area contributed by atoms with Crippen molar-refractivity contribution in [3.8, 4) is 0 Å². The van der Waals surface area contributed by atoms with Gasteiger partial charge in [-0.15, -0.1) is 0 Å². The van der Waals surface area contributed by atoms with Gasteiger partial charge in [0.25, 0.3) is 5.91 Å². The van der Waals surface area contributed by atoms with Gasteiger partial charge in [0.15, 0.2) is 0 Å². The average molecular weight is 373 g/mol. The summed E-state index contributed by atoms with van der Waals surface area (Å²) >= 11 is 3.44. The Morgan fingerprint density at radius 1 is 1.13 bits per heavy atom. The molecule has 0 radical (unpaired) electrons. The first-order chi connectivity index (χ1) is 11.0. The zero-order chi connectivity index (χ0) is 16.6. The minimum absolute atomic E-state index is 0.0830. The number of carbonyl (C=O) groups excluding carboxylic acids is 2. The predicted octanol–water partition coefficient (Wildman–Crippen LogP) is 3.46. The number of anilines is 1. The zero-order valence-corrected chi connectivity index (χ0v) is 14.3. The summed E-state index contributed by atoms with van der Waals surface area (Å²) in [6, 6.07) is 14.7. The molecule has 1 aliphatic rings. The zero-order valence-electron chi connectivity index (χ0n) is 12.7. The average Bonchev–Trinajstić information content (AvgIpc) is 2.54. The quantitative estimate of drug-likeness (QED) is 0.876. The third-order valence-corrected chi connectivity index (χ3v) is 4.95. The number of benzene rings is 2. The van der Waals surface area contributed by atoms with E-state index in [4.69, 9.17) is 5.73 Å². The highest BCUT2D eigenvalue weighted by atomic mass is 79.9. The van der Waals surface area contributed by atoms with Gasteiger partial charge in [-0.05, 0) is 53.0 Å². The van der Waals surface area contributed by atoms with E-state index in [1.165, 1.54) is 0 Å². The Kier molecular flexibility index (Phi) is 4.22. The van der Waals surface area contributed by atoms with Crippen molar-refractivity contribution in [2.24, 2.45) is 5.73 Å². The molecule has 0 bridgehead atoms. The molecule has 3 rings (SSSR count). The van der Waals surface area contributed by atoms with Crippen molar-refractivity contribution in [1.82, 2.24) is 0 Å². The lowest BCUT2D eigenvalue weighted by molar-refractivity contribution is -0.119. The van der Waals surface area contributed by atoms with Gasteiger partial charge in [-0.25, -0.2) is 0 Å². The maximum absolute atomic E-state index is 13.0. The van der Waals surface area contributed by atoms with Crippen LogP contribution < -0.4 is 10.6 Å². The van der Waals surface area contributed by atoms with Crippen LogP contribution in [0, 0.1) is 0 Å². The molecule has 1 heterocycles.